The number of hydrogen-bond acceptors (Lipinski definition) is 3. The summed E-state index contributed by atoms with van der Waals surface area (Å²) in [5.74, 6) is -2.55. The monoisotopic (exact) mass is 242 g/mol. The van der Waals surface area contributed by atoms with Gasteiger partial charge in [-0.05, 0) is 12.8 Å². The second kappa shape index (κ2) is 7.30. The maximum Gasteiger partial charge on any atom is 0.320 e. The minimum atomic E-state index is -1.06. The summed E-state index contributed by atoms with van der Waals surface area (Å²) < 4.78 is 5.04. The van der Waals surface area contributed by atoms with Gasteiger partial charge in [-0.1, -0.05) is 39.0 Å². The minimum absolute atomic E-state index is 0.172. The zero-order chi connectivity index (χ0) is 12.7. The number of rotatable bonds is 8. The fraction of sp³-hybridized carbons (Fsp3) is 0.846. The topological polar surface area (TPSA) is 63.6 Å². The smallest absolute Gasteiger partial charge is 0.320 e. The number of aliphatic carboxylic acids is 1. The molecule has 0 aromatic rings. The Morgan fingerprint density at radius 1 is 1.29 bits per heavy atom. The van der Waals surface area contributed by atoms with Gasteiger partial charge in [0.15, 0.2) is 5.92 Å². The summed E-state index contributed by atoms with van der Waals surface area (Å²) in [6.07, 6.45) is 8.15. The van der Waals surface area contributed by atoms with Crippen molar-refractivity contribution in [2.45, 2.75) is 64.4 Å². The fourth-order valence-corrected chi connectivity index (χ4v) is 2.18. The Morgan fingerprint density at radius 3 is 2.53 bits per heavy atom. The molecular weight excluding hydrogens is 220 g/mol. The van der Waals surface area contributed by atoms with Crippen LogP contribution in [0.4, 0.5) is 0 Å². The van der Waals surface area contributed by atoms with E-state index in [1.807, 2.05) is 0 Å². The highest BCUT2D eigenvalue weighted by Gasteiger charge is 2.38. The first-order valence-electron chi connectivity index (χ1n) is 6.58. The van der Waals surface area contributed by atoms with E-state index < -0.39 is 17.9 Å². The van der Waals surface area contributed by atoms with Crippen LogP contribution in [-0.2, 0) is 14.3 Å². The molecule has 1 aliphatic heterocycles. The molecule has 98 valence electrons. The summed E-state index contributed by atoms with van der Waals surface area (Å²) in [6, 6.07) is 0. The van der Waals surface area contributed by atoms with E-state index in [-0.39, 0.29) is 6.10 Å². The number of unbranched alkanes of at least 4 members (excludes halogenated alkanes) is 5. The van der Waals surface area contributed by atoms with Gasteiger partial charge in [-0.25, -0.2) is 0 Å². The van der Waals surface area contributed by atoms with Gasteiger partial charge >= 0.3 is 11.9 Å². The molecule has 2 atom stereocenters. The second-order valence-corrected chi connectivity index (χ2v) is 4.74. The largest absolute Gasteiger partial charge is 0.481 e. The van der Waals surface area contributed by atoms with E-state index in [0.717, 1.165) is 19.3 Å². The zero-order valence-corrected chi connectivity index (χ0v) is 10.5. The quantitative estimate of drug-likeness (QED) is 0.404. The second-order valence-electron chi connectivity index (χ2n) is 4.74. The molecule has 1 N–H and O–H groups in total. The Kier molecular flexibility index (Phi) is 6.01. The molecule has 17 heavy (non-hydrogen) atoms. The highest BCUT2D eigenvalue weighted by Crippen LogP contribution is 2.25. The maximum atomic E-state index is 11.2. The summed E-state index contributed by atoms with van der Waals surface area (Å²) in [6.45, 7) is 2.18. The molecule has 1 fully saturated rings. The molecule has 1 aliphatic rings. The number of carbonyl (C=O) groups excluding carboxylic acids is 1. The Labute approximate surface area is 102 Å². The van der Waals surface area contributed by atoms with E-state index in [9.17, 15) is 9.59 Å². The van der Waals surface area contributed by atoms with E-state index in [4.69, 9.17) is 9.84 Å². The van der Waals surface area contributed by atoms with Crippen molar-refractivity contribution in [1.29, 1.82) is 0 Å². The Hall–Kier alpha value is -1.06. The molecule has 0 radical (unpaired) electrons. The van der Waals surface area contributed by atoms with Crippen LogP contribution in [0.2, 0.25) is 0 Å². The van der Waals surface area contributed by atoms with Crippen molar-refractivity contribution in [3.05, 3.63) is 0 Å². The normalized spacial score (nSPS) is 23.7. The average molecular weight is 242 g/mol. The lowest BCUT2D eigenvalue weighted by atomic mass is 10.0. The number of cyclic esters (lactones) is 1. The van der Waals surface area contributed by atoms with E-state index >= 15 is 0 Å². The van der Waals surface area contributed by atoms with E-state index in [1.54, 1.807) is 0 Å². The van der Waals surface area contributed by atoms with Crippen molar-refractivity contribution in [3.8, 4) is 0 Å². The number of esters is 1. The molecule has 1 rings (SSSR count). The molecule has 4 nitrogen and oxygen atoms in total. The molecule has 0 aliphatic carbocycles. The van der Waals surface area contributed by atoms with Gasteiger partial charge in [0, 0.05) is 6.42 Å². The molecular formula is C13H22O4. The molecule has 0 bridgehead atoms. The van der Waals surface area contributed by atoms with E-state index in [0.29, 0.717) is 6.42 Å². The lowest BCUT2D eigenvalue weighted by molar-refractivity contribution is -0.152. The maximum absolute atomic E-state index is 11.2. The first-order chi connectivity index (χ1) is 8.15. The van der Waals surface area contributed by atoms with Crippen LogP contribution in [0, 0.1) is 5.92 Å². The third-order valence-corrected chi connectivity index (χ3v) is 3.24. The van der Waals surface area contributed by atoms with Gasteiger partial charge in [-0.2, -0.15) is 0 Å². The van der Waals surface area contributed by atoms with Crippen LogP contribution in [0.15, 0.2) is 0 Å². The van der Waals surface area contributed by atoms with Crippen LogP contribution in [0.25, 0.3) is 0 Å². The van der Waals surface area contributed by atoms with E-state index in [1.165, 1.54) is 25.7 Å². The van der Waals surface area contributed by atoms with Crippen LogP contribution in [0.3, 0.4) is 0 Å². The predicted molar refractivity (Wildman–Crippen MR) is 63.6 cm³/mol. The Balaban J connectivity index is 2.09. The number of carboxylic acid groups (broad SMARTS) is 1. The third-order valence-electron chi connectivity index (χ3n) is 3.24. The summed E-state index contributed by atoms with van der Waals surface area (Å²) in [7, 11) is 0. The Bertz CT molecular complexity index is 262. The molecule has 0 saturated carbocycles. The first-order valence-corrected chi connectivity index (χ1v) is 6.58. The van der Waals surface area contributed by atoms with Crippen molar-refractivity contribution >= 4 is 11.9 Å². The minimum Gasteiger partial charge on any atom is -0.481 e. The highest BCUT2D eigenvalue weighted by atomic mass is 16.6. The lowest BCUT2D eigenvalue weighted by Gasteiger charge is -2.07. The molecule has 2 unspecified atom stereocenters. The third kappa shape index (κ3) is 4.75. The van der Waals surface area contributed by atoms with E-state index in [2.05, 4.69) is 6.92 Å². The van der Waals surface area contributed by atoms with Crippen molar-refractivity contribution in [2.75, 3.05) is 0 Å². The van der Waals surface area contributed by atoms with Crippen LogP contribution in [-0.4, -0.2) is 23.1 Å². The SMILES string of the molecule is CCCCCCCCC1CC(C(=O)O)C(=O)O1. The number of ether oxygens (including phenoxy) is 1. The number of hydrogen-bond donors (Lipinski definition) is 1. The van der Waals surface area contributed by atoms with Crippen LogP contribution >= 0.6 is 0 Å². The van der Waals surface area contributed by atoms with Crippen LogP contribution in [0.1, 0.15) is 58.3 Å². The van der Waals surface area contributed by atoms with Crippen molar-refractivity contribution < 1.29 is 19.4 Å². The van der Waals surface area contributed by atoms with Crippen LogP contribution in [0.5, 0.6) is 0 Å². The summed E-state index contributed by atoms with van der Waals surface area (Å²) in [5, 5.41) is 8.77. The molecule has 0 spiro atoms. The molecule has 1 heterocycles. The summed E-state index contributed by atoms with van der Waals surface area (Å²) >= 11 is 0. The molecule has 1 saturated heterocycles. The first kappa shape index (κ1) is 14.0. The standard InChI is InChI=1S/C13H22O4/c1-2-3-4-5-6-7-8-10-9-11(12(14)15)13(16)17-10/h10-11H,2-9H2,1H3,(H,14,15). The van der Waals surface area contributed by atoms with Gasteiger partial charge < -0.3 is 9.84 Å². The summed E-state index contributed by atoms with van der Waals surface area (Å²) in [5.41, 5.74) is 0. The van der Waals surface area contributed by atoms with Gasteiger partial charge in [0.1, 0.15) is 6.10 Å². The predicted octanol–water partition coefficient (Wildman–Crippen LogP) is 2.75. The molecule has 4 heteroatoms. The zero-order valence-electron chi connectivity index (χ0n) is 10.5. The van der Waals surface area contributed by atoms with Gasteiger partial charge in [0.25, 0.3) is 0 Å². The lowest BCUT2D eigenvalue weighted by Crippen LogP contribution is -2.17. The molecule has 0 aromatic heterocycles. The molecule has 0 amide bonds. The van der Waals surface area contributed by atoms with Crippen molar-refractivity contribution in [1.82, 2.24) is 0 Å². The van der Waals surface area contributed by atoms with Gasteiger partial charge in [0.05, 0.1) is 0 Å². The number of carbonyl (C=O) groups is 2. The van der Waals surface area contributed by atoms with Gasteiger partial charge in [0.2, 0.25) is 0 Å². The number of carboxylic acids is 1. The van der Waals surface area contributed by atoms with Gasteiger partial charge in [-0.15, -0.1) is 0 Å². The van der Waals surface area contributed by atoms with Gasteiger partial charge in [-0.3, -0.25) is 9.59 Å². The highest BCUT2D eigenvalue weighted by molar-refractivity contribution is 5.95. The van der Waals surface area contributed by atoms with Crippen LogP contribution < -0.4 is 0 Å². The van der Waals surface area contributed by atoms with Crippen molar-refractivity contribution in [3.63, 3.8) is 0 Å². The average Bonchev–Trinajstić information content (AvgIpc) is 2.65. The molecule has 0 aromatic carbocycles. The Morgan fingerprint density at radius 2 is 1.94 bits per heavy atom. The fourth-order valence-electron chi connectivity index (χ4n) is 2.18. The summed E-state index contributed by atoms with van der Waals surface area (Å²) in [4.78, 5) is 21.9. The van der Waals surface area contributed by atoms with Crippen molar-refractivity contribution in [2.24, 2.45) is 5.92 Å².